The maximum atomic E-state index is 14.2. The molecule has 1 aliphatic heterocycles. The second-order valence-corrected chi connectivity index (χ2v) is 10.4. The summed E-state index contributed by atoms with van der Waals surface area (Å²) < 4.78 is 25.7. The molecule has 2 amide bonds. The molecule has 1 saturated heterocycles. The van der Waals surface area contributed by atoms with E-state index in [1.165, 1.54) is 37.5 Å². The molecule has 36 heavy (non-hydrogen) atoms. The number of carbonyl (C=O) groups is 3. The van der Waals surface area contributed by atoms with Gasteiger partial charge in [0.2, 0.25) is 0 Å². The van der Waals surface area contributed by atoms with Crippen molar-refractivity contribution in [2.45, 2.75) is 6.54 Å². The molecule has 0 atom stereocenters. The lowest BCUT2D eigenvalue weighted by Gasteiger charge is -2.14. The SMILES string of the molecule is COc1cc(/C=C2\SC(=O)N(Cc3c(F)cccc3Cl)C2=O)cc(I)c1OC(=O)c1cccc(Cl)c1. The number of rotatable bonds is 6. The van der Waals surface area contributed by atoms with Gasteiger partial charge in [-0.05, 0) is 88.5 Å². The molecule has 0 saturated carbocycles. The van der Waals surface area contributed by atoms with E-state index in [0.717, 1.165) is 16.7 Å². The van der Waals surface area contributed by atoms with E-state index in [1.807, 2.05) is 22.6 Å². The molecular formula is C25H15Cl2FINO5S. The Bertz CT molecular complexity index is 1410. The molecule has 0 radical (unpaired) electrons. The van der Waals surface area contributed by atoms with Crippen LogP contribution in [0.4, 0.5) is 9.18 Å². The molecule has 1 aliphatic rings. The number of esters is 1. The summed E-state index contributed by atoms with van der Waals surface area (Å²) in [5.74, 6) is -1.35. The van der Waals surface area contributed by atoms with E-state index in [0.29, 0.717) is 14.2 Å². The zero-order chi connectivity index (χ0) is 26.0. The number of hydrogen-bond acceptors (Lipinski definition) is 6. The summed E-state index contributed by atoms with van der Waals surface area (Å²) in [6.45, 7) is -0.285. The van der Waals surface area contributed by atoms with Gasteiger partial charge in [-0.25, -0.2) is 9.18 Å². The third kappa shape index (κ3) is 5.69. The first-order valence-corrected chi connectivity index (χ1v) is 12.9. The topological polar surface area (TPSA) is 72.9 Å². The zero-order valence-electron chi connectivity index (χ0n) is 18.4. The van der Waals surface area contributed by atoms with E-state index in [-0.39, 0.29) is 39.1 Å². The number of halogens is 4. The molecule has 0 spiro atoms. The van der Waals surface area contributed by atoms with E-state index in [2.05, 4.69) is 0 Å². The van der Waals surface area contributed by atoms with E-state index < -0.39 is 22.9 Å². The van der Waals surface area contributed by atoms with Gasteiger partial charge in [0.25, 0.3) is 11.1 Å². The summed E-state index contributed by atoms with van der Waals surface area (Å²) in [6, 6.07) is 13.7. The van der Waals surface area contributed by atoms with Crippen molar-refractivity contribution in [2.75, 3.05) is 7.11 Å². The molecule has 0 aromatic heterocycles. The Morgan fingerprint density at radius 1 is 1.14 bits per heavy atom. The van der Waals surface area contributed by atoms with Crippen LogP contribution in [0.5, 0.6) is 11.5 Å². The fourth-order valence-electron chi connectivity index (χ4n) is 3.32. The van der Waals surface area contributed by atoms with E-state index in [9.17, 15) is 18.8 Å². The van der Waals surface area contributed by atoms with Crippen molar-refractivity contribution in [3.05, 3.63) is 95.6 Å². The van der Waals surface area contributed by atoms with Gasteiger partial charge in [-0.15, -0.1) is 0 Å². The molecular weight excluding hydrogens is 643 g/mol. The standard InChI is InChI=1S/C25H15Cl2FINO5S/c1-34-20-9-13(8-19(29)22(20)35-24(32)14-4-2-5-15(26)11-14)10-21-23(31)30(25(33)36-21)12-16-17(27)6-3-7-18(16)28/h2-11H,12H2,1H3/b21-10-. The molecule has 0 unspecified atom stereocenters. The van der Waals surface area contributed by atoms with Crippen LogP contribution in [0.3, 0.4) is 0 Å². The van der Waals surface area contributed by atoms with Gasteiger partial charge in [-0.1, -0.05) is 35.3 Å². The second kappa shape index (κ2) is 11.2. The quantitative estimate of drug-likeness (QED) is 0.121. The largest absolute Gasteiger partial charge is 0.493 e. The van der Waals surface area contributed by atoms with Gasteiger partial charge in [0.1, 0.15) is 5.82 Å². The van der Waals surface area contributed by atoms with Crippen LogP contribution >= 0.6 is 57.6 Å². The highest BCUT2D eigenvalue weighted by molar-refractivity contribution is 14.1. The predicted octanol–water partition coefficient (Wildman–Crippen LogP) is 7.20. The zero-order valence-corrected chi connectivity index (χ0v) is 22.9. The van der Waals surface area contributed by atoms with Crippen molar-refractivity contribution in [1.82, 2.24) is 4.90 Å². The number of benzene rings is 3. The van der Waals surface area contributed by atoms with Gasteiger partial charge in [-0.3, -0.25) is 14.5 Å². The smallest absolute Gasteiger partial charge is 0.343 e. The van der Waals surface area contributed by atoms with E-state index in [4.69, 9.17) is 32.7 Å². The Hall–Kier alpha value is -2.60. The van der Waals surface area contributed by atoms with Gasteiger partial charge >= 0.3 is 5.97 Å². The normalized spacial score (nSPS) is 14.5. The second-order valence-electron chi connectivity index (χ2n) is 7.40. The van der Waals surface area contributed by atoms with Crippen LogP contribution in [0.15, 0.2) is 59.5 Å². The summed E-state index contributed by atoms with van der Waals surface area (Å²) >= 11 is 14.7. The average Bonchev–Trinajstić information content (AvgIpc) is 3.09. The monoisotopic (exact) mass is 657 g/mol. The molecule has 6 nitrogen and oxygen atoms in total. The van der Waals surface area contributed by atoms with Crippen molar-refractivity contribution >= 4 is 80.7 Å². The van der Waals surface area contributed by atoms with E-state index >= 15 is 0 Å². The Labute approximate surface area is 233 Å². The highest BCUT2D eigenvalue weighted by atomic mass is 127. The number of imide groups is 1. The molecule has 0 bridgehead atoms. The van der Waals surface area contributed by atoms with E-state index in [1.54, 1.807) is 30.3 Å². The van der Waals surface area contributed by atoms with Crippen LogP contribution in [-0.4, -0.2) is 29.1 Å². The van der Waals surface area contributed by atoms with Gasteiger partial charge in [-0.2, -0.15) is 0 Å². The molecule has 1 heterocycles. The highest BCUT2D eigenvalue weighted by Crippen LogP contribution is 2.38. The Kier molecular flexibility index (Phi) is 8.23. The third-order valence-electron chi connectivity index (χ3n) is 5.06. The van der Waals surface area contributed by atoms with Crippen molar-refractivity contribution in [1.29, 1.82) is 0 Å². The minimum atomic E-state index is -0.616. The molecule has 1 fully saturated rings. The van der Waals surface area contributed by atoms with Crippen molar-refractivity contribution in [2.24, 2.45) is 0 Å². The van der Waals surface area contributed by atoms with Gasteiger partial charge < -0.3 is 9.47 Å². The maximum Gasteiger partial charge on any atom is 0.343 e. The first kappa shape index (κ1) is 26.5. The fraction of sp³-hybridized carbons (Fsp3) is 0.0800. The number of nitrogens with zero attached hydrogens (tertiary/aromatic N) is 1. The summed E-state index contributed by atoms with van der Waals surface area (Å²) in [5.41, 5.74) is 0.867. The average molecular weight is 658 g/mol. The highest BCUT2D eigenvalue weighted by Gasteiger charge is 2.36. The number of thioether (sulfide) groups is 1. The molecule has 184 valence electrons. The van der Waals surface area contributed by atoms with Crippen LogP contribution in [0.1, 0.15) is 21.5 Å². The Morgan fingerprint density at radius 3 is 2.58 bits per heavy atom. The molecule has 3 aromatic carbocycles. The molecule has 0 N–H and O–H groups in total. The van der Waals surface area contributed by atoms with Crippen LogP contribution in [-0.2, 0) is 11.3 Å². The first-order chi connectivity index (χ1) is 17.2. The van der Waals surface area contributed by atoms with Crippen LogP contribution < -0.4 is 9.47 Å². The van der Waals surface area contributed by atoms with Crippen molar-refractivity contribution in [3.8, 4) is 11.5 Å². The Morgan fingerprint density at radius 2 is 1.89 bits per heavy atom. The fourth-order valence-corrected chi connectivity index (χ4v) is 5.31. The lowest BCUT2D eigenvalue weighted by atomic mass is 10.1. The Balaban J connectivity index is 1.58. The lowest BCUT2D eigenvalue weighted by molar-refractivity contribution is -0.123. The molecule has 4 rings (SSSR count). The minimum absolute atomic E-state index is 0.0600. The van der Waals surface area contributed by atoms with Gasteiger partial charge in [0, 0.05) is 15.6 Å². The molecule has 0 aliphatic carbocycles. The first-order valence-electron chi connectivity index (χ1n) is 10.2. The number of methoxy groups -OCH3 is 1. The number of amides is 2. The summed E-state index contributed by atoms with van der Waals surface area (Å²) in [5, 5.41) is -0.0211. The van der Waals surface area contributed by atoms with Crippen LogP contribution in [0, 0.1) is 9.39 Å². The van der Waals surface area contributed by atoms with Crippen LogP contribution in [0.25, 0.3) is 6.08 Å². The summed E-state index contributed by atoms with van der Waals surface area (Å²) in [6.07, 6.45) is 1.51. The molecule has 11 heteroatoms. The summed E-state index contributed by atoms with van der Waals surface area (Å²) in [7, 11) is 1.41. The third-order valence-corrected chi connectivity index (χ3v) is 7.35. The van der Waals surface area contributed by atoms with Gasteiger partial charge in [0.05, 0.1) is 27.7 Å². The number of ether oxygens (including phenoxy) is 2. The van der Waals surface area contributed by atoms with Crippen molar-refractivity contribution in [3.63, 3.8) is 0 Å². The van der Waals surface area contributed by atoms with Crippen LogP contribution in [0.2, 0.25) is 10.0 Å². The minimum Gasteiger partial charge on any atom is -0.493 e. The van der Waals surface area contributed by atoms with Crippen molar-refractivity contribution < 1.29 is 28.2 Å². The maximum absolute atomic E-state index is 14.2. The van der Waals surface area contributed by atoms with Gasteiger partial charge in [0.15, 0.2) is 11.5 Å². The molecule has 3 aromatic rings. The predicted molar refractivity (Wildman–Crippen MR) is 145 cm³/mol. The lowest BCUT2D eigenvalue weighted by Crippen LogP contribution is -2.28. The summed E-state index contributed by atoms with van der Waals surface area (Å²) in [4.78, 5) is 39.1. The number of carbonyl (C=O) groups excluding carboxylic acids is 3. The number of hydrogen-bond donors (Lipinski definition) is 0.